The molecule has 2 aromatic rings. The molecule has 1 fully saturated rings. The van der Waals surface area contributed by atoms with E-state index in [-0.39, 0.29) is 5.91 Å². The predicted molar refractivity (Wildman–Crippen MR) is 94.8 cm³/mol. The van der Waals surface area contributed by atoms with E-state index in [1.54, 1.807) is 11.3 Å². The fourth-order valence-electron chi connectivity index (χ4n) is 3.49. The van der Waals surface area contributed by atoms with Crippen molar-refractivity contribution in [3.05, 3.63) is 52.0 Å². The minimum absolute atomic E-state index is 0.193. The van der Waals surface area contributed by atoms with Crippen LogP contribution < -0.4 is 0 Å². The topological polar surface area (TPSA) is 33.2 Å². The molecule has 0 saturated heterocycles. The first kappa shape index (κ1) is 16.2. The molecule has 1 aromatic heterocycles. The van der Waals surface area contributed by atoms with Crippen LogP contribution in [0.2, 0.25) is 0 Å². The van der Waals surface area contributed by atoms with Gasteiger partial charge in [0.25, 0.3) is 0 Å². The lowest BCUT2D eigenvalue weighted by Crippen LogP contribution is -2.40. The zero-order valence-electron chi connectivity index (χ0n) is 13.9. The first-order valence-corrected chi connectivity index (χ1v) is 9.23. The van der Waals surface area contributed by atoms with Crippen molar-refractivity contribution in [2.45, 2.75) is 51.0 Å². The average molecular weight is 328 g/mol. The van der Waals surface area contributed by atoms with Gasteiger partial charge in [0.2, 0.25) is 5.91 Å². The fraction of sp³-hybridized carbons (Fsp3) is 0.474. The van der Waals surface area contributed by atoms with Crippen molar-refractivity contribution in [2.24, 2.45) is 0 Å². The molecule has 23 heavy (non-hydrogen) atoms. The summed E-state index contributed by atoms with van der Waals surface area (Å²) in [4.78, 5) is 18.8. The summed E-state index contributed by atoms with van der Waals surface area (Å²) in [5, 5.41) is 3.02. The number of hydrogen-bond donors (Lipinski definition) is 0. The lowest BCUT2D eigenvalue weighted by atomic mass is 9.81. The van der Waals surface area contributed by atoms with Gasteiger partial charge in [0.15, 0.2) is 0 Å². The monoisotopic (exact) mass is 328 g/mol. The number of nitrogens with zero attached hydrogens (tertiary/aromatic N) is 2. The van der Waals surface area contributed by atoms with E-state index in [4.69, 9.17) is 0 Å². The Balaban J connectivity index is 1.53. The number of hydrogen-bond acceptors (Lipinski definition) is 3. The third-order valence-corrected chi connectivity index (χ3v) is 5.73. The van der Waals surface area contributed by atoms with Crippen LogP contribution in [0.5, 0.6) is 0 Å². The smallest absolute Gasteiger partial charge is 0.228 e. The highest BCUT2D eigenvalue weighted by molar-refractivity contribution is 7.09. The summed E-state index contributed by atoms with van der Waals surface area (Å²) < 4.78 is 0. The largest absolute Gasteiger partial charge is 0.342 e. The number of aryl methyl sites for hydroxylation is 1. The molecule has 1 heterocycles. The maximum atomic E-state index is 12.5. The average Bonchev–Trinajstić information content (AvgIpc) is 3.00. The lowest BCUT2D eigenvalue weighted by Gasteiger charge is -2.35. The molecule has 1 saturated carbocycles. The van der Waals surface area contributed by atoms with Crippen molar-refractivity contribution >= 4 is 17.2 Å². The number of aromatic nitrogens is 1. The van der Waals surface area contributed by atoms with Crippen molar-refractivity contribution in [3.8, 4) is 0 Å². The van der Waals surface area contributed by atoms with Gasteiger partial charge < -0.3 is 4.90 Å². The number of thiazole rings is 1. The Morgan fingerprint density at radius 1 is 1.22 bits per heavy atom. The van der Waals surface area contributed by atoms with Gasteiger partial charge in [-0.25, -0.2) is 4.98 Å². The molecule has 1 amide bonds. The van der Waals surface area contributed by atoms with Crippen LogP contribution in [0.25, 0.3) is 0 Å². The van der Waals surface area contributed by atoms with E-state index in [9.17, 15) is 4.79 Å². The summed E-state index contributed by atoms with van der Waals surface area (Å²) >= 11 is 1.61. The lowest BCUT2D eigenvalue weighted by molar-refractivity contribution is -0.131. The van der Waals surface area contributed by atoms with Gasteiger partial charge >= 0.3 is 0 Å². The second-order valence-electron chi connectivity index (χ2n) is 6.46. The van der Waals surface area contributed by atoms with Crippen LogP contribution in [0, 0.1) is 6.92 Å². The molecule has 3 nitrogen and oxygen atoms in total. The number of benzene rings is 1. The molecule has 0 aliphatic heterocycles. The number of carbonyl (C=O) groups is 1. The first-order chi connectivity index (χ1) is 11.1. The third kappa shape index (κ3) is 3.99. The first-order valence-electron chi connectivity index (χ1n) is 8.35. The van der Waals surface area contributed by atoms with E-state index in [2.05, 4.69) is 35.3 Å². The molecular formula is C19H24N2OS. The van der Waals surface area contributed by atoms with Crippen molar-refractivity contribution in [1.29, 1.82) is 0 Å². The highest BCUT2D eigenvalue weighted by Crippen LogP contribution is 2.34. The van der Waals surface area contributed by atoms with Gasteiger partial charge in [-0.1, -0.05) is 30.3 Å². The molecule has 0 unspecified atom stereocenters. The standard InChI is InChI=1S/C19H24N2OS/c1-14-20-17(13-23-14)12-19(22)21(2)18-10-8-16(9-11-18)15-6-4-3-5-7-15/h3-7,13,16,18H,8-12H2,1-2H3. The Kier molecular flexibility index (Phi) is 5.11. The molecule has 1 aliphatic rings. The Morgan fingerprint density at radius 2 is 1.91 bits per heavy atom. The summed E-state index contributed by atoms with van der Waals surface area (Å²) in [6.45, 7) is 1.98. The molecule has 3 rings (SSSR count). The van der Waals surface area contributed by atoms with Crippen LogP contribution in [0.4, 0.5) is 0 Å². The Bertz CT molecular complexity index is 644. The Hall–Kier alpha value is -1.68. The second kappa shape index (κ2) is 7.26. The van der Waals surface area contributed by atoms with Crippen molar-refractivity contribution in [1.82, 2.24) is 9.88 Å². The molecule has 4 heteroatoms. The van der Waals surface area contributed by atoms with Crippen molar-refractivity contribution in [2.75, 3.05) is 7.05 Å². The molecule has 0 bridgehead atoms. The van der Waals surface area contributed by atoms with Gasteiger partial charge in [-0.05, 0) is 44.1 Å². The van der Waals surface area contributed by atoms with E-state index in [1.807, 2.05) is 24.3 Å². The van der Waals surface area contributed by atoms with E-state index in [0.717, 1.165) is 23.5 Å². The van der Waals surface area contributed by atoms with E-state index < -0.39 is 0 Å². The van der Waals surface area contributed by atoms with Crippen molar-refractivity contribution in [3.63, 3.8) is 0 Å². The van der Waals surface area contributed by atoms with Crippen LogP contribution in [-0.2, 0) is 11.2 Å². The van der Waals surface area contributed by atoms with Gasteiger partial charge in [0.1, 0.15) is 0 Å². The number of rotatable bonds is 4. The fourth-order valence-corrected chi connectivity index (χ4v) is 4.11. The van der Waals surface area contributed by atoms with Gasteiger partial charge in [-0.2, -0.15) is 0 Å². The molecule has 122 valence electrons. The molecule has 0 radical (unpaired) electrons. The number of carbonyl (C=O) groups excluding carboxylic acids is 1. The normalized spacial score (nSPS) is 21.1. The zero-order valence-corrected chi connectivity index (χ0v) is 14.7. The molecule has 0 spiro atoms. The van der Waals surface area contributed by atoms with Crippen LogP contribution >= 0.6 is 11.3 Å². The van der Waals surface area contributed by atoms with Gasteiger partial charge in [0, 0.05) is 18.5 Å². The second-order valence-corrected chi connectivity index (χ2v) is 7.52. The van der Waals surface area contributed by atoms with E-state index in [1.165, 1.54) is 18.4 Å². The van der Waals surface area contributed by atoms with E-state index >= 15 is 0 Å². The van der Waals surface area contributed by atoms with Crippen LogP contribution in [0.1, 0.15) is 47.9 Å². The summed E-state index contributed by atoms with van der Waals surface area (Å²) in [6, 6.07) is 11.1. The predicted octanol–water partition coefficient (Wildman–Crippen LogP) is 4.18. The van der Waals surface area contributed by atoms with Gasteiger partial charge in [-0.3, -0.25) is 4.79 Å². The minimum atomic E-state index is 0.193. The molecule has 0 atom stereocenters. The number of likely N-dealkylation sites (N-methyl/N-ethyl adjacent to an activating group) is 1. The van der Waals surface area contributed by atoms with Crippen LogP contribution in [-0.4, -0.2) is 28.9 Å². The maximum Gasteiger partial charge on any atom is 0.228 e. The Labute approximate surface area is 142 Å². The highest BCUT2D eigenvalue weighted by Gasteiger charge is 2.27. The highest BCUT2D eigenvalue weighted by atomic mass is 32.1. The maximum absolute atomic E-state index is 12.5. The summed E-state index contributed by atoms with van der Waals surface area (Å²) in [5.74, 6) is 0.843. The van der Waals surface area contributed by atoms with Gasteiger partial charge in [0.05, 0.1) is 17.1 Å². The van der Waals surface area contributed by atoms with Crippen LogP contribution in [0.3, 0.4) is 0 Å². The van der Waals surface area contributed by atoms with Crippen LogP contribution in [0.15, 0.2) is 35.7 Å². The van der Waals surface area contributed by atoms with Gasteiger partial charge in [-0.15, -0.1) is 11.3 Å². The Morgan fingerprint density at radius 3 is 2.52 bits per heavy atom. The quantitative estimate of drug-likeness (QED) is 0.843. The summed E-state index contributed by atoms with van der Waals surface area (Å²) in [6.07, 6.45) is 4.96. The van der Waals surface area contributed by atoms with E-state index in [0.29, 0.717) is 18.4 Å². The third-order valence-electron chi connectivity index (χ3n) is 4.91. The minimum Gasteiger partial charge on any atom is -0.342 e. The SMILES string of the molecule is Cc1nc(CC(=O)N(C)C2CCC(c3ccccc3)CC2)cs1. The molecular weight excluding hydrogens is 304 g/mol. The van der Waals surface area contributed by atoms with Crippen molar-refractivity contribution < 1.29 is 4.79 Å². The molecule has 0 N–H and O–H groups in total. The molecule has 1 aromatic carbocycles. The summed E-state index contributed by atoms with van der Waals surface area (Å²) in [7, 11) is 1.95. The number of amides is 1. The summed E-state index contributed by atoms with van der Waals surface area (Å²) in [5.41, 5.74) is 2.35. The zero-order chi connectivity index (χ0) is 16.2. The molecule has 1 aliphatic carbocycles.